The maximum atomic E-state index is 12.5. The Hall–Kier alpha value is -2.82. The van der Waals surface area contributed by atoms with E-state index in [2.05, 4.69) is 37.0 Å². The van der Waals surface area contributed by atoms with Gasteiger partial charge in [-0.2, -0.15) is 0 Å². The van der Waals surface area contributed by atoms with Crippen LogP contribution in [-0.4, -0.2) is 40.5 Å². The molecule has 152 valence electrons. The van der Waals surface area contributed by atoms with E-state index in [9.17, 15) is 4.79 Å². The highest BCUT2D eigenvalue weighted by molar-refractivity contribution is 5.77. The van der Waals surface area contributed by atoms with Gasteiger partial charge in [0.1, 0.15) is 11.6 Å². The average Bonchev–Trinajstić information content (AvgIpc) is 3.15. The molecule has 1 aliphatic rings. The molecular weight excluding hydrogens is 362 g/mol. The minimum atomic E-state index is 0.233. The van der Waals surface area contributed by atoms with Crippen LogP contribution in [0.15, 0.2) is 42.5 Å². The Morgan fingerprint density at radius 3 is 2.59 bits per heavy atom. The number of aromatic nitrogens is 2. The number of ether oxygens (including phenoxy) is 1. The highest BCUT2D eigenvalue weighted by atomic mass is 16.5. The van der Waals surface area contributed by atoms with Crippen molar-refractivity contribution in [3.63, 3.8) is 0 Å². The SMILES string of the molecule is Cc1ccc(OCCCC(=O)N2CCC(c3nc4ccc(C)cc4[nH]3)CC2)cc1. The number of imidazole rings is 1. The van der Waals surface area contributed by atoms with Crippen molar-refractivity contribution >= 4 is 16.9 Å². The molecular formula is C24H29N3O2. The number of hydrogen-bond acceptors (Lipinski definition) is 3. The van der Waals surface area contributed by atoms with E-state index in [1.165, 1.54) is 11.1 Å². The van der Waals surface area contributed by atoms with Crippen molar-refractivity contribution in [1.82, 2.24) is 14.9 Å². The lowest BCUT2D eigenvalue weighted by molar-refractivity contribution is -0.132. The third kappa shape index (κ3) is 4.78. The van der Waals surface area contributed by atoms with Gasteiger partial charge in [0, 0.05) is 25.4 Å². The van der Waals surface area contributed by atoms with Gasteiger partial charge in [0.05, 0.1) is 17.6 Å². The fourth-order valence-corrected chi connectivity index (χ4v) is 3.94. The van der Waals surface area contributed by atoms with Crippen molar-refractivity contribution in [2.24, 2.45) is 0 Å². The quantitative estimate of drug-likeness (QED) is 0.617. The highest BCUT2D eigenvalue weighted by Crippen LogP contribution is 2.28. The van der Waals surface area contributed by atoms with Gasteiger partial charge in [0.25, 0.3) is 0 Å². The van der Waals surface area contributed by atoms with E-state index in [1.807, 2.05) is 29.2 Å². The maximum Gasteiger partial charge on any atom is 0.222 e. The lowest BCUT2D eigenvalue weighted by atomic mass is 9.96. The van der Waals surface area contributed by atoms with Gasteiger partial charge in [-0.25, -0.2) is 4.98 Å². The van der Waals surface area contributed by atoms with Crippen LogP contribution in [0, 0.1) is 13.8 Å². The zero-order valence-electron chi connectivity index (χ0n) is 17.3. The second kappa shape index (κ2) is 8.68. The number of fused-ring (bicyclic) bond motifs is 1. The molecule has 0 radical (unpaired) electrons. The Morgan fingerprint density at radius 2 is 1.83 bits per heavy atom. The van der Waals surface area contributed by atoms with Gasteiger partial charge in [0.2, 0.25) is 5.91 Å². The first kappa shape index (κ1) is 19.5. The second-order valence-electron chi connectivity index (χ2n) is 8.06. The molecule has 1 fully saturated rings. The van der Waals surface area contributed by atoms with Gasteiger partial charge in [-0.15, -0.1) is 0 Å². The maximum absolute atomic E-state index is 12.5. The summed E-state index contributed by atoms with van der Waals surface area (Å²) in [5.41, 5.74) is 4.58. The molecule has 2 heterocycles. The number of carbonyl (C=O) groups excluding carboxylic acids is 1. The normalized spacial score (nSPS) is 15.0. The average molecular weight is 392 g/mol. The molecule has 3 aromatic rings. The molecule has 0 saturated carbocycles. The van der Waals surface area contributed by atoms with E-state index in [4.69, 9.17) is 9.72 Å². The molecule has 0 unspecified atom stereocenters. The van der Waals surface area contributed by atoms with Crippen molar-refractivity contribution in [3.05, 3.63) is 59.4 Å². The number of likely N-dealkylation sites (tertiary alicyclic amines) is 1. The van der Waals surface area contributed by atoms with Gasteiger partial charge in [-0.1, -0.05) is 23.8 Å². The number of nitrogens with one attached hydrogen (secondary N) is 1. The molecule has 0 atom stereocenters. The second-order valence-corrected chi connectivity index (χ2v) is 8.06. The van der Waals surface area contributed by atoms with E-state index >= 15 is 0 Å². The van der Waals surface area contributed by atoms with Crippen LogP contribution in [0.3, 0.4) is 0 Å². The smallest absolute Gasteiger partial charge is 0.222 e. The fourth-order valence-electron chi connectivity index (χ4n) is 3.94. The van der Waals surface area contributed by atoms with Crippen LogP contribution in [0.4, 0.5) is 0 Å². The molecule has 1 aliphatic heterocycles. The summed E-state index contributed by atoms with van der Waals surface area (Å²) in [6, 6.07) is 14.3. The van der Waals surface area contributed by atoms with Crippen molar-refractivity contribution in [1.29, 1.82) is 0 Å². The van der Waals surface area contributed by atoms with Gasteiger partial charge in [0.15, 0.2) is 0 Å². The number of aryl methyl sites for hydroxylation is 2. The van der Waals surface area contributed by atoms with E-state index in [0.717, 1.165) is 55.0 Å². The molecule has 1 amide bonds. The Kier molecular flexibility index (Phi) is 5.84. The lowest BCUT2D eigenvalue weighted by Crippen LogP contribution is -2.38. The molecule has 1 aromatic heterocycles. The zero-order valence-corrected chi connectivity index (χ0v) is 17.3. The first-order chi connectivity index (χ1) is 14.1. The van der Waals surface area contributed by atoms with Crippen molar-refractivity contribution in [2.45, 2.75) is 45.4 Å². The van der Waals surface area contributed by atoms with E-state index in [1.54, 1.807) is 0 Å². The molecule has 2 aromatic carbocycles. The summed E-state index contributed by atoms with van der Waals surface area (Å²) in [6.45, 7) is 6.33. The lowest BCUT2D eigenvalue weighted by Gasteiger charge is -2.31. The van der Waals surface area contributed by atoms with Crippen molar-refractivity contribution < 1.29 is 9.53 Å². The Labute approximate surface area is 172 Å². The zero-order chi connectivity index (χ0) is 20.2. The minimum Gasteiger partial charge on any atom is -0.494 e. The molecule has 29 heavy (non-hydrogen) atoms. The number of rotatable bonds is 6. The number of H-pyrrole nitrogens is 1. The highest BCUT2D eigenvalue weighted by Gasteiger charge is 2.25. The van der Waals surface area contributed by atoms with Gasteiger partial charge >= 0.3 is 0 Å². The summed E-state index contributed by atoms with van der Waals surface area (Å²) in [7, 11) is 0. The summed E-state index contributed by atoms with van der Waals surface area (Å²) in [6.07, 6.45) is 3.21. The predicted molar refractivity (Wildman–Crippen MR) is 115 cm³/mol. The Balaban J connectivity index is 1.22. The molecule has 0 bridgehead atoms. The topological polar surface area (TPSA) is 58.2 Å². The first-order valence-electron chi connectivity index (χ1n) is 10.5. The van der Waals surface area contributed by atoms with Crippen LogP contribution in [0.1, 0.15) is 48.6 Å². The van der Waals surface area contributed by atoms with Crippen molar-refractivity contribution in [3.8, 4) is 5.75 Å². The predicted octanol–water partition coefficient (Wildman–Crippen LogP) is 4.74. The van der Waals surface area contributed by atoms with E-state index in [-0.39, 0.29) is 5.91 Å². The van der Waals surface area contributed by atoms with Crippen LogP contribution < -0.4 is 4.74 Å². The molecule has 5 nitrogen and oxygen atoms in total. The van der Waals surface area contributed by atoms with Crippen molar-refractivity contribution in [2.75, 3.05) is 19.7 Å². The molecule has 0 aliphatic carbocycles. The van der Waals surface area contributed by atoms with Gasteiger partial charge in [-0.05, 0) is 62.9 Å². The molecule has 0 spiro atoms. The van der Waals surface area contributed by atoms with Crippen LogP contribution in [-0.2, 0) is 4.79 Å². The molecule has 4 rings (SSSR count). The van der Waals surface area contributed by atoms with Crippen LogP contribution in [0.2, 0.25) is 0 Å². The molecule has 1 saturated heterocycles. The number of aromatic amines is 1. The number of nitrogens with zero attached hydrogens (tertiary/aromatic N) is 2. The summed E-state index contributed by atoms with van der Waals surface area (Å²) in [4.78, 5) is 22.8. The summed E-state index contributed by atoms with van der Waals surface area (Å²) < 4.78 is 5.73. The molecule has 1 N–H and O–H groups in total. The fraction of sp³-hybridized carbons (Fsp3) is 0.417. The number of hydrogen-bond donors (Lipinski definition) is 1. The standard InChI is InChI=1S/C24H29N3O2/c1-17-5-8-20(9-6-17)29-15-3-4-23(28)27-13-11-19(12-14-27)24-25-21-10-7-18(2)16-22(21)26-24/h5-10,16,19H,3-4,11-15H2,1-2H3,(H,25,26). The molecule has 5 heteroatoms. The summed E-state index contributed by atoms with van der Waals surface area (Å²) >= 11 is 0. The summed E-state index contributed by atoms with van der Waals surface area (Å²) in [5, 5.41) is 0. The first-order valence-corrected chi connectivity index (χ1v) is 10.5. The monoisotopic (exact) mass is 391 g/mol. The van der Waals surface area contributed by atoms with E-state index < -0.39 is 0 Å². The van der Waals surface area contributed by atoms with Gasteiger partial charge in [-0.3, -0.25) is 4.79 Å². The van der Waals surface area contributed by atoms with Gasteiger partial charge < -0.3 is 14.6 Å². The number of amides is 1. The van der Waals surface area contributed by atoms with E-state index in [0.29, 0.717) is 18.9 Å². The Bertz CT molecular complexity index is 969. The van der Waals surface area contributed by atoms with Crippen LogP contribution in [0.25, 0.3) is 11.0 Å². The number of benzene rings is 2. The van der Waals surface area contributed by atoms with Crippen LogP contribution >= 0.6 is 0 Å². The third-order valence-corrected chi connectivity index (χ3v) is 5.71. The number of piperidine rings is 1. The largest absolute Gasteiger partial charge is 0.494 e. The van der Waals surface area contributed by atoms with Crippen LogP contribution in [0.5, 0.6) is 5.75 Å². The minimum absolute atomic E-state index is 0.233. The summed E-state index contributed by atoms with van der Waals surface area (Å²) in [5.74, 6) is 2.56. The number of carbonyl (C=O) groups is 1. The third-order valence-electron chi connectivity index (χ3n) is 5.71. The Morgan fingerprint density at radius 1 is 1.10 bits per heavy atom.